The molecule has 2 aliphatic heterocycles. The molecule has 0 radical (unpaired) electrons. The van der Waals surface area contributed by atoms with Crippen LogP contribution < -0.4 is 0 Å². The molecule has 2 fully saturated rings. The monoisotopic (exact) mass is 245 g/mol. The van der Waals surface area contributed by atoms with Crippen molar-refractivity contribution >= 4 is 5.91 Å². The molecule has 18 heavy (non-hydrogen) atoms. The predicted octanol–water partition coefficient (Wildman–Crippen LogP) is 2.39. The Morgan fingerprint density at radius 2 is 2.11 bits per heavy atom. The van der Waals surface area contributed by atoms with E-state index in [9.17, 15) is 4.79 Å². The number of carbonyl (C=O) groups is 1. The summed E-state index contributed by atoms with van der Waals surface area (Å²) in [5.74, 6) is 0.771. The van der Waals surface area contributed by atoms with Crippen LogP contribution in [0, 0.1) is 5.92 Å². The van der Waals surface area contributed by atoms with E-state index in [0.717, 1.165) is 19.6 Å². The highest BCUT2D eigenvalue weighted by Gasteiger charge is 2.36. The Morgan fingerprint density at radius 1 is 1.39 bits per heavy atom. The van der Waals surface area contributed by atoms with Gasteiger partial charge in [0, 0.05) is 13.0 Å². The van der Waals surface area contributed by atoms with E-state index < -0.39 is 0 Å². The lowest BCUT2D eigenvalue weighted by atomic mass is 10.0. The summed E-state index contributed by atoms with van der Waals surface area (Å²) in [5.41, 5.74) is 1.22. The van der Waals surface area contributed by atoms with E-state index in [1.807, 2.05) is 23.1 Å². The normalized spacial score (nSPS) is 28.5. The highest BCUT2D eigenvalue weighted by atomic mass is 16.6. The maximum atomic E-state index is 12.1. The van der Waals surface area contributed by atoms with E-state index in [1.54, 1.807) is 0 Å². The van der Waals surface area contributed by atoms with Crippen molar-refractivity contribution in [1.29, 1.82) is 0 Å². The predicted molar refractivity (Wildman–Crippen MR) is 69.0 cm³/mol. The van der Waals surface area contributed by atoms with Gasteiger partial charge in [0.05, 0.1) is 18.8 Å². The zero-order valence-corrected chi connectivity index (χ0v) is 10.7. The van der Waals surface area contributed by atoms with Crippen LogP contribution in [-0.4, -0.2) is 30.1 Å². The first kappa shape index (κ1) is 11.7. The van der Waals surface area contributed by atoms with E-state index >= 15 is 0 Å². The number of hydrogen-bond acceptors (Lipinski definition) is 2. The molecule has 2 aliphatic rings. The third kappa shape index (κ3) is 2.41. The summed E-state index contributed by atoms with van der Waals surface area (Å²) in [4.78, 5) is 14.1. The van der Waals surface area contributed by atoms with Gasteiger partial charge in [-0.3, -0.25) is 4.79 Å². The second-order valence-corrected chi connectivity index (χ2v) is 5.39. The average Bonchev–Trinajstić information content (AvgIpc) is 3.12. The molecule has 2 heterocycles. The molecule has 3 heteroatoms. The second-order valence-electron chi connectivity index (χ2n) is 5.39. The van der Waals surface area contributed by atoms with Gasteiger partial charge in [0.2, 0.25) is 5.91 Å². The van der Waals surface area contributed by atoms with E-state index in [2.05, 4.69) is 19.1 Å². The van der Waals surface area contributed by atoms with Crippen LogP contribution >= 0.6 is 0 Å². The van der Waals surface area contributed by atoms with E-state index in [-0.39, 0.29) is 11.9 Å². The Kier molecular flexibility index (Phi) is 3.08. The topological polar surface area (TPSA) is 32.8 Å². The van der Waals surface area contributed by atoms with Crippen molar-refractivity contribution in [3.05, 3.63) is 35.9 Å². The number of hydrogen-bond donors (Lipinski definition) is 0. The number of carbonyl (C=O) groups excluding carboxylic acids is 1. The molecular weight excluding hydrogens is 226 g/mol. The molecule has 0 bridgehead atoms. The molecule has 1 aromatic carbocycles. The number of likely N-dealkylation sites (tertiary alicyclic amines) is 1. The fraction of sp³-hybridized carbons (Fsp3) is 0.533. The van der Waals surface area contributed by atoms with Gasteiger partial charge in [-0.25, -0.2) is 0 Å². The van der Waals surface area contributed by atoms with Crippen molar-refractivity contribution in [2.75, 3.05) is 13.2 Å². The molecular formula is C15H19NO2. The van der Waals surface area contributed by atoms with Crippen LogP contribution in [0.3, 0.4) is 0 Å². The van der Waals surface area contributed by atoms with Gasteiger partial charge in [0.25, 0.3) is 0 Å². The zero-order valence-electron chi connectivity index (χ0n) is 10.7. The lowest BCUT2D eigenvalue weighted by Crippen LogP contribution is -2.28. The highest BCUT2D eigenvalue weighted by Crippen LogP contribution is 2.32. The molecule has 0 saturated carbocycles. The summed E-state index contributed by atoms with van der Waals surface area (Å²) >= 11 is 0. The van der Waals surface area contributed by atoms with Crippen molar-refractivity contribution in [2.24, 2.45) is 5.92 Å². The van der Waals surface area contributed by atoms with Gasteiger partial charge < -0.3 is 9.64 Å². The molecule has 3 nitrogen and oxygen atoms in total. The van der Waals surface area contributed by atoms with E-state index in [1.165, 1.54) is 5.56 Å². The number of nitrogens with zero attached hydrogens (tertiary/aromatic N) is 1. The minimum absolute atomic E-state index is 0.184. The first-order valence-electron chi connectivity index (χ1n) is 6.70. The Hall–Kier alpha value is -1.35. The summed E-state index contributed by atoms with van der Waals surface area (Å²) < 4.78 is 5.26. The van der Waals surface area contributed by atoms with E-state index in [4.69, 9.17) is 4.74 Å². The van der Waals surface area contributed by atoms with Crippen LogP contribution in [0.15, 0.2) is 30.3 Å². The standard InChI is InChI=1S/C15H19NO2/c1-11(13-5-3-2-4-6-13)16-9-12(8-15(16)17)7-14-10-18-14/h2-6,11-12,14H,7-10H2,1H3/t11-,12-,14?/m1/s1. The lowest BCUT2D eigenvalue weighted by molar-refractivity contribution is -0.129. The minimum Gasteiger partial charge on any atom is -0.373 e. The van der Waals surface area contributed by atoms with Gasteiger partial charge in [-0.05, 0) is 24.8 Å². The van der Waals surface area contributed by atoms with Crippen LogP contribution in [0.4, 0.5) is 0 Å². The van der Waals surface area contributed by atoms with Gasteiger partial charge in [0.15, 0.2) is 0 Å². The second kappa shape index (κ2) is 4.73. The largest absolute Gasteiger partial charge is 0.373 e. The fourth-order valence-electron chi connectivity index (χ4n) is 2.83. The Morgan fingerprint density at radius 3 is 2.78 bits per heavy atom. The molecule has 96 valence electrons. The number of epoxide rings is 1. The van der Waals surface area contributed by atoms with Crippen molar-refractivity contribution in [2.45, 2.75) is 31.9 Å². The number of ether oxygens (including phenoxy) is 1. The Balaban J connectivity index is 1.66. The van der Waals surface area contributed by atoms with Crippen molar-refractivity contribution in [3.63, 3.8) is 0 Å². The number of benzene rings is 1. The first-order chi connectivity index (χ1) is 8.74. The van der Waals surface area contributed by atoms with Gasteiger partial charge in [0.1, 0.15) is 0 Å². The van der Waals surface area contributed by atoms with Gasteiger partial charge in [-0.15, -0.1) is 0 Å². The molecule has 0 spiro atoms. The van der Waals surface area contributed by atoms with Crippen LogP contribution in [0.5, 0.6) is 0 Å². The minimum atomic E-state index is 0.184. The molecule has 0 N–H and O–H groups in total. The Bertz CT molecular complexity index is 427. The summed E-state index contributed by atoms with van der Waals surface area (Å²) in [6.07, 6.45) is 2.16. The SMILES string of the molecule is C[C@H](c1ccccc1)N1C[C@H](CC2CO2)CC1=O. The van der Waals surface area contributed by atoms with Gasteiger partial charge in [-0.2, -0.15) is 0 Å². The maximum Gasteiger partial charge on any atom is 0.223 e. The summed E-state index contributed by atoms with van der Waals surface area (Å²) in [6.45, 7) is 3.89. The molecule has 1 amide bonds. The third-order valence-corrected chi connectivity index (χ3v) is 3.99. The Labute approximate surface area is 108 Å². The molecule has 3 atom stereocenters. The number of amides is 1. The van der Waals surface area contributed by atoms with Crippen LogP contribution in [-0.2, 0) is 9.53 Å². The molecule has 3 rings (SSSR count). The summed E-state index contributed by atoms with van der Waals surface area (Å²) in [6, 6.07) is 10.4. The van der Waals surface area contributed by atoms with Crippen molar-refractivity contribution < 1.29 is 9.53 Å². The fourth-order valence-corrected chi connectivity index (χ4v) is 2.83. The van der Waals surface area contributed by atoms with Crippen LogP contribution in [0.2, 0.25) is 0 Å². The molecule has 2 saturated heterocycles. The number of rotatable bonds is 4. The van der Waals surface area contributed by atoms with Crippen LogP contribution in [0.25, 0.3) is 0 Å². The molecule has 0 aromatic heterocycles. The van der Waals surface area contributed by atoms with Crippen LogP contribution in [0.1, 0.15) is 31.4 Å². The third-order valence-electron chi connectivity index (χ3n) is 3.99. The van der Waals surface area contributed by atoms with E-state index in [0.29, 0.717) is 18.4 Å². The first-order valence-corrected chi connectivity index (χ1v) is 6.70. The maximum absolute atomic E-state index is 12.1. The smallest absolute Gasteiger partial charge is 0.223 e. The zero-order chi connectivity index (χ0) is 12.5. The summed E-state index contributed by atoms with van der Waals surface area (Å²) in [7, 11) is 0. The van der Waals surface area contributed by atoms with Crippen molar-refractivity contribution in [1.82, 2.24) is 4.90 Å². The van der Waals surface area contributed by atoms with Gasteiger partial charge in [-0.1, -0.05) is 30.3 Å². The molecule has 1 unspecified atom stereocenters. The quantitative estimate of drug-likeness (QED) is 0.763. The lowest BCUT2D eigenvalue weighted by Gasteiger charge is -2.25. The molecule has 0 aliphatic carbocycles. The molecule has 1 aromatic rings. The average molecular weight is 245 g/mol. The van der Waals surface area contributed by atoms with Gasteiger partial charge >= 0.3 is 0 Å². The summed E-state index contributed by atoms with van der Waals surface area (Å²) in [5, 5.41) is 0. The van der Waals surface area contributed by atoms with Crippen molar-refractivity contribution in [3.8, 4) is 0 Å². The highest BCUT2D eigenvalue weighted by molar-refractivity contribution is 5.79.